The second kappa shape index (κ2) is 8.67. The third-order valence-electron chi connectivity index (χ3n) is 5.80. The lowest BCUT2D eigenvalue weighted by molar-refractivity contribution is -0.123. The highest BCUT2D eigenvalue weighted by atomic mass is 16.2. The molecule has 4 rings (SSSR count). The Morgan fingerprint density at radius 1 is 1.10 bits per heavy atom. The van der Waals surface area contributed by atoms with Crippen LogP contribution in [0.2, 0.25) is 0 Å². The lowest BCUT2D eigenvalue weighted by Crippen LogP contribution is -2.38. The predicted octanol–water partition coefficient (Wildman–Crippen LogP) is 2.30. The van der Waals surface area contributed by atoms with Crippen LogP contribution in [-0.2, 0) is 17.9 Å². The quantitative estimate of drug-likeness (QED) is 0.682. The van der Waals surface area contributed by atoms with E-state index in [1.807, 2.05) is 66.2 Å². The SMILES string of the molecule is CN(Cc1ccccc1)C(=O)c1nc2ccccn2c1CN1CCC(C(N)=O)CC1. The van der Waals surface area contributed by atoms with E-state index in [0.717, 1.165) is 42.8 Å². The lowest BCUT2D eigenvalue weighted by Gasteiger charge is -2.30. The number of fused-ring (bicyclic) bond motifs is 1. The molecule has 0 saturated carbocycles. The fourth-order valence-electron chi connectivity index (χ4n) is 4.07. The van der Waals surface area contributed by atoms with E-state index < -0.39 is 0 Å². The van der Waals surface area contributed by atoms with Gasteiger partial charge < -0.3 is 15.0 Å². The van der Waals surface area contributed by atoms with E-state index in [2.05, 4.69) is 9.88 Å². The average molecular weight is 406 g/mol. The molecule has 0 atom stereocenters. The van der Waals surface area contributed by atoms with Crippen molar-refractivity contribution >= 4 is 17.5 Å². The van der Waals surface area contributed by atoms with Gasteiger partial charge in [0.15, 0.2) is 5.69 Å². The van der Waals surface area contributed by atoms with Crippen molar-refractivity contribution in [3.63, 3.8) is 0 Å². The number of imidazole rings is 1. The topological polar surface area (TPSA) is 83.9 Å². The minimum Gasteiger partial charge on any atom is -0.369 e. The predicted molar refractivity (Wildman–Crippen MR) is 115 cm³/mol. The van der Waals surface area contributed by atoms with E-state index in [4.69, 9.17) is 5.73 Å². The van der Waals surface area contributed by atoms with E-state index in [9.17, 15) is 9.59 Å². The van der Waals surface area contributed by atoms with Gasteiger partial charge in [-0.25, -0.2) is 4.98 Å². The molecule has 0 unspecified atom stereocenters. The molecule has 0 bridgehead atoms. The Hall–Kier alpha value is -3.19. The molecule has 1 fully saturated rings. The highest BCUT2D eigenvalue weighted by Gasteiger charge is 2.27. The van der Waals surface area contributed by atoms with Gasteiger partial charge in [-0.2, -0.15) is 0 Å². The number of aromatic nitrogens is 2. The van der Waals surface area contributed by atoms with Crippen molar-refractivity contribution in [1.29, 1.82) is 0 Å². The van der Waals surface area contributed by atoms with Crippen LogP contribution in [0.4, 0.5) is 0 Å². The molecular formula is C23H27N5O2. The molecule has 1 aliphatic rings. The maximum absolute atomic E-state index is 13.3. The number of rotatable bonds is 6. The van der Waals surface area contributed by atoms with E-state index in [-0.39, 0.29) is 17.7 Å². The van der Waals surface area contributed by atoms with Crippen LogP contribution in [0.25, 0.3) is 5.65 Å². The first-order valence-electron chi connectivity index (χ1n) is 10.3. The number of carbonyl (C=O) groups is 2. The van der Waals surface area contributed by atoms with E-state index in [1.165, 1.54) is 0 Å². The molecule has 2 N–H and O–H groups in total. The molecule has 0 spiro atoms. The first-order valence-corrected chi connectivity index (χ1v) is 10.3. The molecule has 1 saturated heterocycles. The van der Waals surface area contributed by atoms with Crippen LogP contribution in [0.15, 0.2) is 54.7 Å². The van der Waals surface area contributed by atoms with Crippen molar-refractivity contribution in [1.82, 2.24) is 19.2 Å². The monoisotopic (exact) mass is 405 g/mol. The summed E-state index contributed by atoms with van der Waals surface area (Å²) >= 11 is 0. The molecule has 0 radical (unpaired) electrons. The Bertz CT molecular complexity index is 1040. The van der Waals surface area contributed by atoms with Crippen LogP contribution < -0.4 is 5.73 Å². The molecule has 3 heterocycles. The number of likely N-dealkylation sites (tertiary alicyclic amines) is 1. The first kappa shape index (κ1) is 20.1. The molecule has 7 heteroatoms. The third-order valence-corrected chi connectivity index (χ3v) is 5.80. The van der Waals surface area contributed by atoms with Gasteiger partial charge in [-0.3, -0.25) is 14.5 Å². The van der Waals surface area contributed by atoms with E-state index in [1.54, 1.807) is 4.90 Å². The molecule has 0 aliphatic carbocycles. The van der Waals surface area contributed by atoms with Crippen LogP contribution in [0.5, 0.6) is 0 Å². The van der Waals surface area contributed by atoms with Crippen molar-refractivity contribution in [2.24, 2.45) is 11.7 Å². The zero-order valence-corrected chi connectivity index (χ0v) is 17.2. The molecule has 30 heavy (non-hydrogen) atoms. The number of nitrogens with zero attached hydrogens (tertiary/aromatic N) is 4. The zero-order chi connectivity index (χ0) is 21.1. The molecule has 7 nitrogen and oxygen atoms in total. The zero-order valence-electron chi connectivity index (χ0n) is 17.2. The van der Waals surface area contributed by atoms with Crippen molar-refractivity contribution in [2.75, 3.05) is 20.1 Å². The molecule has 2 amide bonds. The number of primary amides is 1. The summed E-state index contributed by atoms with van der Waals surface area (Å²) in [7, 11) is 1.81. The Morgan fingerprint density at radius 2 is 1.80 bits per heavy atom. The Labute approximate surface area is 176 Å². The largest absolute Gasteiger partial charge is 0.369 e. The average Bonchev–Trinajstić information content (AvgIpc) is 3.12. The molecule has 1 aromatic carbocycles. The number of hydrogen-bond acceptors (Lipinski definition) is 4. The minimum absolute atomic E-state index is 0.0541. The number of benzene rings is 1. The number of piperidine rings is 1. The van der Waals surface area contributed by atoms with Gasteiger partial charge in [-0.05, 0) is 43.6 Å². The summed E-state index contributed by atoms with van der Waals surface area (Å²) in [5, 5.41) is 0. The number of nitrogens with two attached hydrogens (primary N) is 1. The van der Waals surface area contributed by atoms with Crippen LogP contribution in [0.1, 0.15) is 34.6 Å². The molecule has 156 valence electrons. The maximum atomic E-state index is 13.3. The highest BCUT2D eigenvalue weighted by Crippen LogP contribution is 2.22. The highest BCUT2D eigenvalue weighted by molar-refractivity contribution is 5.94. The number of amides is 2. The summed E-state index contributed by atoms with van der Waals surface area (Å²) < 4.78 is 1.99. The van der Waals surface area contributed by atoms with Crippen molar-refractivity contribution < 1.29 is 9.59 Å². The maximum Gasteiger partial charge on any atom is 0.274 e. The van der Waals surface area contributed by atoms with Gasteiger partial charge in [0.2, 0.25) is 5.91 Å². The second-order valence-corrected chi connectivity index (χ2v) is 7.94. The van der Waals surface area contributed by atoms with Crippen LogP contribution in [0.3, 0.4) is 0 Å². The summed E-state index contributed by atoms with van der Waals surface area (Å²) in [6.45, 7) is 2.69. The summed E-state index contributed by atoms with van der Waals surface area (Å²) in [6.07, 6.45) is 3.45. The first-order chi connectivity index (χ1) is 14.5. The molecular weight excluding hydrogens is 378 g/mol. The summed E-state index contributed by atoms with van der Waals surface area (Å²) in [5.74, 6) is -0.367. The number of hydrogen-bond donors (Lipinski definition) is 1. The van der Waals surface area contributed by atoms with E-state index >= 15 is 0 Å². The van der Waals surface area contributed by atoms with Crippen molar-refractivity contribution in [3.8, 4) is 0 Å². The van der Waals surface area contributed by atoms with Crippen LogP contribution in [-0.4, -0.2) is 51.1 Å². The smallest absolute Gasteiger partial charge is 0.274 e. The Balaban J connectivity index is 1.57. The van der Waals surface area contributed by atoms with Gasteiger partial charge in [-0.1, -0.05) is 36.4 Å². The van der Waals surface area contributed by atoms with Gasteiger partial charge in [0.25, 0.3) is 5.91 Å². The fourth-order valence-corrected chi connectivity index (χ4v) is 4.07. The Morgan fingerprint density at radius 3 is 2.50 bits per heavy atom. The molecule has 1 aliphatic heterocycles. The van der Waals surface area contributed by atoms with Crippen molar-refractivity contribution in [3.05, 3.63) is 71.7 Å². The van der Waals surface area contributed by atoms with Crippen LogP contribution in [0, 0.1) is 5.92 Å². The van der Waals surface area contributed by atoms with Gasteiger partial charge in [0.1, 0.15) is 5.65 Å². The van der Waals surface area contributed by atoms with E-state index in [0.29, 0.717) is 18.8 Å². The normalized spacial score (nSPS) is 15.4. The third kappa shape index (κ3) is 4.21. The lowest BCUT2D eigenvalue weighted by atomic mass is 9.96. The molecule has 3 aromatic rings. The summed E-state index contributed by atoms with van der Waals surface area (Å²) in [4.78, 5) is 33.4. The van der Waals surface area contributed by atoms with Crippen LogP contribution >= 0.6 is 0 Å². The fraction of sp³-hybridized carbons (Fsp3) is 0.348. The minimum atomic E-state index is -0.220. The standard InChI is InChI=1S/C23H27N5O2/c1-26(15-17-7-3-2-4-8-17)23(30)21-19(28-12-6-5-9-20(28)25-21)16-27-13-10-18(11-14-27)22(24)29/h2-9,12,18H,10-11,13-16H2,1H3,(H2,24,29). The van der Waals surface area contributed by atoms with Gasteiger partial charge in [0, 0.05) is 32.3 Å². The summed E-state index contributed by atoms with van der Waals surface area (Å²) in [5.41, 5.74) is 8.66. The number of pyridine rings is 1. The van der Waals surface area contributed by atoms with Crippen molar-refractivity contribution in [2.45, 2.75) is 25.9 Å². The van der Waals surface area contributed by atoms with Gasteiger partial charge in [0.05, 0.1) is 5.69 Å². The second-order valence-electron chi connectivity index (χ2n) is 7.94. The summed E-state index contributed by atoms with van der Waals surface area (Å²) in [6, 6.07) is 15.7. The molecule has 2 aromatic heterocycles. The van der Waals surface area contributed by atoms with Gasteiger partial charge >= 0.3 is 0 Å². The number of carbonyl (C=O) groups excluding carboxylic acids is 2. The van der Waals surface area contributed by atoms with Gasteiger partial charge in [-0.15, -0.1) is 0 Å². The Kier molecular flexibility index (Phi) is 5.81.